The molecule has 2 aromatic rings. The van der Waals surface area contributed by atoms with Gasteiger partial charge in [-0.2, -0.15) is 11.8 Å². The van der Waals surface area contributed by atoms with Gasteiger partial charge in [0.2, 0.25) is 5.91 Å². The molecule has 21 heavy (non-hydrogen) atoms. The predicted octanol–water partition coefficient (Wildman–Crippen LogP) is 3.05. The maximum absolute atomic E-state index is 12.1. The zero-order chi connectivity index (χ0) is 15.2. The normalized spacial score (nSPS) is 13.7. The lowest BCUT2D eigenvalue weighted by atomic mass is 10.1. The van der Waals surface area contributed by atoms with Gasteiger partial charge in [-0.25, -0.2) is 4.98 Å². The van der Waals surface area contributed by atoms with Crippen LogP contribution in [0.2, 0.25) is 0 Å². The van der Waals surface area contributed by atoms with Crippen LogP contribution in [0.4, 0.5) is 0 Å². The number of benzene rings is 1. The molecule has 0 aliphatic carbocycles. The molecular weight excluding hydrogens is 282 g/mol. The van der Waals surface area contributed by atoms with Crippen LogP contribution in [0.5, 0.6) is 0 Å². The van der Waals surface area contributed by atoms with Crippen LogP contribution in [0.15, 0.2) is 43.0 Å². The van der Waals surface area contributed by atoms with Gasteiger partial charge in [-0.15, -0.1) is 0 Å². The molecule has 2 unspecified atom stereocenters. The second kappa shape index (κ2) is 7.31. The minimum absolute atomic E-state index is 0.00900. The molecule has 2 atom stereocenters. The summed E-state index contributed by atoms with van der Waals surface area (Å²) in [6.07, 6.45) is 7.44. The molecule has 0 radical (unpaired) electrons. The Labute approximate surface area is 130 Å². The lowest BCUT2D eigenvalue weighted by Gasteiger charge is -2.18. The first-order valence-corrected chi connectivity index (χ1v) is 8.38. The van der Waals surface area contributed by atoms with Gasteiger partial charge in [0.15, 0.2) is 0 Å². The Bertz CT molecular complexity index is 583. The van der Waals surface area contributed by atoms with E-state index < -0.39 is 0 Å². The number of nitrogens with zero attached hydrogens (tertiary/aromatic N) is 2. The van der Waals surface area contributed by atoms with Gasteiger partial charge in [0, 0.05) is 29.8 Å². The first-order valence-electron chi connectivity index (χ1n) is 6.99. The first-order chi connectivity index (χ1) is 10.1. The Morgan fingerprint density at radius 2 is 2.24 bits per heavy atom. The van der Waals surface area contributed by atoms with Crippen molar-refractivity contribution in [1.82, 2.24) is 14.9 Å². The Balaban J connectivity index is 2.07. The highest BCUT2D eigenvalue weighted by molar-refractivity contribution is 7.98. The van der Waals surface area contributed by atoms with E-state index in [1.807, 2.05) is 49.1 Å². The van der Waals surface area contributed by atoms with Crippen molar-refractivity contribution in [2.45, 2.75) is 19.9 Å². The van der Waals surface area contributed by atoms with Gasteiger partial charge >= 0.3 is 0 Å². The first kappa shape index (κ1) is 15.6. The Hall–Kier alpha value is -1.75. The van der Waals surface area contributed by atoms with Crippen LogP contribution in [0.1, 0.15) is 25.5 Å². The molecule has 0 saturated carbocycles. The number of thioether (sulfide) groups is 1. The van der Waals surface area contributed by atoms with Crippen LogP contribution < -0.4 is 5.32 Å². The molecule has 112 valence electrons. The van der Waals surface area contributed by atoms with Gasteiger partial charge in [-0.1, -0.05) is 19.1 Å². The topological polar surface area (TPSA) is 46.9 Å². The van der Waals surface area contributed by atoms with E-state index in [0.29, 0.717) is 0 Å². The molecule has 0 saturated heterocycles. The van der Waals surface area contributed by atoms with Gasteiger partial charge in [-0.3, -0.25) is 4.79 Å². The summed E-state index contributed by atoms with van der Waals surface area (Å²) in [5, 5.41) is 3.08. The van der Waals surface area contributed by atoms with Crippen molar-refractivity contribution >= 4 is 17.7 Å². The molecule has 1 heterocycles. The summed E-state index contributed by atoms with van der Waals surface area (Å²) in [6, 6.07) is 8.12. The Morgan fingerprint density at radius 3 is 2.90 bits per heavy atom. The van der Waals surface area contributed by atoms with E-state index in [1.165, 1.54) is 0 Å². The number of carbonyl (C=O) groups is 1. The van der Waals surface area contributed by atoms with Crippen LogP contribution in [0.3, 0.4) is 0 Å². The van der Waals surface area contributed by atoms with Crippen molar-refractivity contribution in [3.63, 3.8) is 0 Å². The fraction of sp³-hybridized carbons (Fsp3) is 0.375. The summed E-state index contributed by atoms with van der Waals surface area (Å²) in [4.78, 5) is 16.1. The third kappa shape index (κ3) is 4.11. The number of aromatic nitrogens is 2. The Kier molecular flexibility index (Phi) is 5.44. The molecule has 1 amide bonds. The molecule has 1 aromatic heterocycles. The molecule has 0 aliphatic rings. The standard InChI is InChI=1S/C16H21N3OS/c1-12(10-21-3)16(20)18-13(2)14-5-4-6-15(9-14)19-8-7-17-11-19/h4-9,11-13H,10H2,1-3H3,(H,18,20). The van der Waals surface area contributed by atoms with E-state index in [9.17, 15) is 4.79 Å². The van der Waals surface area contributed by atoms with Crippen molar-refractivity contribution in [2.75, 3.05) is 12.0 Å². The van der Waals surface area contributed by atoms with Crippen molar-refractivity contribution in [3.05, 3.63) is 48.5 Å². The fourth-order valence-corrected chi connectivity index (χ4v) is 2.78. The quantitative estimate of drug-likeness (QED) is 0.892. The van der Waals surface area contributed by atoms with Crippen LogP contribution in [0, 0.1) is 5.92 Å². The van der Waals surface area contributed by atoms with E-state index in [4.69, 9.17) is 0 Å². The highest BCUT2D eigenvalue weighted by Crippen LogP contribution is 2.17. The smallest absolute Gasteiger partial charge is 0.224 e. The van der Waals surface area contributed by atoms with E-state index in [-0.39, 0.29) is 17.9 Å². The molecular formula is C16H21N3OS. The summed E-state index contributed by atoms with van der Waals surface area (Å²) in [5.41, 5.74) is 2.13. The maximum atomic E-state index is 12.1. The third-order valence-corrected chi connectivity index (χ3v) is 4.23. The minimum atomic E-state index is -0.00900. The summed E-state index contributed by atoms with van der Waals surface area (Å²) in [7, 11) is 0. The van der Waals surface area contributed by atoms with E-state index in [0.717, 1.165) is 17.0 Å². The summed E-state index contributed by atoms with van der Waals surface area (Å²) >= 11 is 1.69. The van der Waals surface area contributed by atoms with Crippen molar-refractivity contribution in [2.24, 2.45) is 5.92 Å². The fourth-order valence-electron chi connectivity index (χ4n) is 2.13. The van der Waals surface area contributed by atoms with Gasteiger partial charge in [0.1, 0.15) is 0 Å². The third-order valence-electron chi connectivity index (χ3n) is 3.40. The maximum Gasteiger partial charge on any atom is 0.224 e. The number of hydrogen-bond donors (Lipinski definition) is 1. The van der Waals surface area contributed by atoms with Gasteiger partial charge < -0.3 is 9.88 Å². The van der Waals surface area contributed by atoms with Crippen LogP contribution in [-0.4, -0.2) is 27.5 Å². The summed E-state index contributed by atoms with van der Waals surface area (Å²) in [5.74, 6) is 0.970. The van der Waals surface area contributed by atoms with Gasteiger partial charge in [0.05, 0.1) is 12.4 Å². The average Bonchev–Trinajstić information content (AvgIpc) is 3.01. The molecule has 0 spiro atoms. The summed E-state index contributed by atoms with van der Waals surface area (Å²) < 4.78 is 1.95. The number of nitrogens with one attached hydrogen (secondary N) is 1. The lowest BCUT2D eigenvalue weighted by Crippen LogP contribution is -2.32. The largest absolute Gasteiger partial charge is 0.349 e. The predicted molar refractivity (Wildman–Crippen MR) is 87.7 cm³/mol. The highest BCUT2D eigenvalue weighted by atomic mass is 32.2. The van der Waals surface area contributed by atoms with Crippen molar-refractivity contribution in [1.29, 1.82) is 0 Å². The summed E-state index contributed by atoms with van der Waals surface area (Å²) in [6.45, 7) is 3.97. The number of hydrogen-bond acceptors (Lipinski definition) is 3. The molecule has 0 fully saturated rings. The second-order valence-corrected chi connectivity index (χ2v) is 6.06. The number of amides is 1. The van der Waals surface area contributed by atoms with Crippen molar-refractivity contribution < 1.29 is 4.79 Å². The number of imidazole rings is 1. The number of carbonyl (C=O) groups excluding carboxylic acids is 1. The second-order valence-electron chi connectivity index (χ2n) is 5.15. The molecule has 5 heteroatoms. The van der Waals surface area contributed by atoms with Crippen LogP contribution >= 0.6 is 11.8 Å². The molecule has 4 nitrogen and oxygen atoms in total. The van der Waals surface area contributed by atoms with E-state index >= 15 is 0 Å². The Morgan fingerprint density at radius 1 is 1.43 bits per heavy atom. The van der Waals surface area contributed by atoms with Crippen LogP contribution in [-0.2, 0) is 4.79 Å². The molecule has 1 aromatic carbocycles. The van der Waals surface area contributed by atoms with Gasteiger partial charge in [-0.05, 0) is 30.9 Å². The molecule has 1 N–H and O–H groups in total. The monoisotopic (exact) mass is 303 g/mol. The highest BCUT2D eigenvalue weighted by Gasteiger charge is 2.15. The minimum Gasteiger partial charge on any atom is -0.349 e. The van der Waals surface area contributed by atoms with E-state index in [1.54, 1.807) is 24.3 Å². The van der Waals surface area contributed by atoms with Gasteiger partial charge in [0.25, 0.3) is 0 Å². The molecule has 0 bridgehead atoms. The zero-order valence-electron chi connectivity index (χ0n) is 12.6. The zero-order valence-corrected chi connectivity index (χ0v) is 13.4. The van der Waals surface area contributed by atoms with E-state index in [2.05, 4.69) is 16.4 Å². The lowest BCUT2D eigenvalue weighted by molar-refractivity contribution is -0.124. The van der Waals surface area contributed by atoms with Crippen molar-refractivity contribution in [3.8, 4) is 5.69 Å². The van der Waals surface area contributed by atoms with Crippen LogP contribution in [0.25, 0.3) is 5.69 Å². The number of rotatable bonds is 6. The molecule has 0 aliphatic heterocycles. The SMILES string of the molecule is CSCC(C)C(=O)NC(C)c1cccc(-n2ccnc2)c1. The average molecular weight is 303 g/mol. The molecule has 2 rings (SSSR count).